The first kappa shape index (κ1) is 25.9. The van der Waals surface area contributed by atoms with Crippen LogP contribution in [0.5, 0.6) is 5.75 Å². The highest BCUT2D eigenvalue weighted by atomic mass is 19.4. The molecule has 0 bridgehead atoms. The average Bonchev–Trinajstić information content (AvgIpc) is 3.45. The van der Waals surface area contributed by atoms with Gasteiger partial charge in [-0.05, 0) is 59.5 Å². The number of imidazole rings is 1. The van der Waals surface area contributed by atoms with Crippen molar-refractivity contribution in [3.05, 3.63) is 83.9 Å². The Kier molecular flexibility index (Phi) is 6.12. The van der Waals surface area contributed by atoms with Crippen LogP contribution in [-0.2, 0) is 10.2 Å². The largest absolute Gasteiger partial charge is 0.491 e. The van der Waals surface area contributed by atoms with Gasteiger partial charge in [-0.15, -0.1) is 5.10 Å². The Morgan fingerprint density at radius 3 is 2.46 bits per heavy atom. The van der Waals surface area contributed by atoms with Gasteiger partial charge in [0.25, 0.3) is 5.91 Å². The smallest absolute Gasteiger partial charge is 0.419 e. The Bertz CT molecular complexity index is 1750. The van der Waals surface area contributed by atoms with Gasteiger partial charge in [0.05, 0.1) is 17.3 Å². The van der Waals surface area contributed by atoms with Crippen molar-refractivity contribution in [3.8, 4) is 11.6 Å². The highest BCUT2D eigenvalue weighted by molar-refractivity contribution is 6.06. The van der Waals surface area contributed by atoms with Gasteiger partial charge in [0, 0.05) is 11.6 Å². The molecule has 5 aromatic rings. The minimum absolute atomic E-state index is 0.0667. The number of nitrogens with zero attached hydrogens (tertiary/aromatic N) is 4. The lowest BCUT2D eigenvalue weighted by molar-refractivity contribution is -0.189. The zero-order chi connectivity index (χ0) is 28.1. The maximum absolute atomic E-state index is 13.6. The number of halogens is 4. The predicted octanol–water partition coefficient (Wildman–Crippen LogP) is 5.83. The molecule has 1 amide bonds. The second kappa shape index (κ2) is 9.22. The molecule has 3 aromatic heterocycles. The number of benzene rings is 2. The molecule has 0 radical (unpaired) electrons. The molecule has 0 aliphatic carbocycles. The summed E-state index contributed by atoms with van der Waals surface area (Å²) < 4.78 is 60.0. The standard InChI is InChI=1S/C27H21F4N5O3/c1-26(2,3)16-4-6-18(20(13-16)39-25(38)27(29,30)31)24(37)33-21-14-36-22(32-21)8-9-23(34-36)35-11-10-15-12-17(28)5-7-19(15)35/h4-14H,1-3H3,(H,33,37). The van der Waals surface area contributed by atoms with E-state index in [4.69, 9.17) is 0 Å². The number of alkyl halides is 3. The van der Waals surface area contributed by atoms with Crippen molar-refractivity contribution in [1.82, 2.24) is 19.2 Å². The number of nitrogens with one attached hydrogen (secondary N) is 1. The van der Waals surface area contributed by atoms with Crippen LogP contribution in [0.2, 0.25) is 0 Å². The zero-order valence-corrected chi connectivity index (χ0v) is 20.9. The molecule has 0 atom stereocenters. The summed E-state index contributed by atoms with van der Waals surface area (Å²) in [5.74, 6) is -3.59. The lowest BCUT2D eigenvalue weighted by Crippen LogP contribution is -2.29. The molecule has 2 aromatic carbocycles. The first-order chi connectivity index (χ1) is 18.3. The van der Waals surface area contributed by atoms with Crippen molar-refractivity contribution < 1.29 is 31.9 Å². The summed E-state index contributed by atoms with van der Waals surface area (Å²) >= 11 is 0. The molecule has 0 saturated carbocycles. The van der Waals surface area contributed by atoms with Crippen molar-refractivity contribution in [2.75, 3.05) is 5.32 Å². The summed E-state index contributed by atoms with van der Waals surface area (Å²) in [5, 5.41) is 7.70. The molecule has 1 N–H and O–H groups in total. The number of fused-ring (bicyclic) bond motifs is 2. The number of carbonyl (C=O) groups is 2. The van der Waals surface area contributed by atoms with Crippen LogP contribution in [-0.4, -0.2) is 37.2 Å². The van der Waals surface area contributed by atoms with Crippen molar-refractivity contribution in [2.24, 2.45) is 0 Å². The molecule has 0 aliphatic heterocycles. The third kappa shape index (κ3) is 5.17. The number of aromatic nitrogens is 4. The zero-order valence-electron chi connectivity index (χ0n) is 20.9. The number of hydrogen-bond donors (Lipinski definition) is 1. The lowest BCUT2D eigenvalue weighted by atomic mass is 9.86. The maximum Gasteiger partial charge on any atom is 0.491 e. The van der Waals surface area contributed by atoms with E-state index in [0.717, 1.165) is 5.52 Å². The highest BCUT2D eigenvalue weighted by Crippen LogP contribution is 2.31. The van der Waals surface area contributed by atoms with Gasteiger partial charge in [-0.25, -0.2) is 18.7 Å². The van der Waals surface area contributed by atoms with Crippen molar-refractivity contribution >= 4 is 34.2 Å². The van der Waals surface area contributed by atoms with E-state index in [2.05, 4.69) is 20.1 Å². The molecule has 5 rings (SSSR count). The van der Waals surface area contributed by atoms with Crippen LogP contribution >= 0.6 is 0 Å². The number of carbonyl (C=O) groups excluding carboxylic acids is 2. The molecule has 0 spiro atoms. The van der Waals surface area contributed by atoms with E-state index >= 15 is 0 Å². The van der Waals surface area contributed by atoms with Gasteiger partial charge in [0.2, 0.25) is 0 Å². The van der Waals surface area contributed by atoms with Crippen LogP contribution in [0.4, 0.5) is 23.4 Å². The highest BCUT2D eigenvalue weighted by Gasteiger charge is 2.42. The quantitative estimate of drug-likeness (QED) is 0.176. The summed E-state index contributed by atoms with van der Waals surface area (Å²) in [7, 11) is 0. The molecule has 0 fully saturated rings. The minimum atomic E-state index is -5.24. The normalized spacial score (nSPS) is 12.2. The topological polar surface area (TPSA) is 90.5 Å². The van der Waals surface area contributed by atoms with Crippen molar-refractivity contribution in [1.29, 1.82) is 0 Å². The van der Waals surface area contributed by atoms with Gasteiger partial charge in [-0.2, -0.15) is 13.2 Å². The molecule has 0 saturated heterocycles. The summed E-state index contributed by atoms with van der Waals surface area (Å²) in [6.07, 6.45) is -2.08. The van der Waals surface area contributed by atoms with Gasteiger partial charge in [0.1, 0.15) is 11.6 Å². The van der Waals surface area contributed by atoms with Crippen molar-refractivity contribution in [3.63, 3.8) is 0 Å². The van der Waals surface area contributed by atoms with Crippen LogP contribution in [0, 0.1) is 5.82 Å². The number of ether oxygens (including phenoxy) is 1. The monoisotopic (exact) mass is 539 g/mol. The molecule has 12 heteroatoms. The molecule has 0 unspecified atom stereocenters. The summed E-state index contributed by atoms with van der Waals surface area (Å²) in [5.41, 5.74) is 0.907. The maximum atomic E-state index is 13.6. The first-order valence-corrected chi connectivity index (χ1v) is 11.7. The lowest BCUT2D eigenvalue weighted by Gasteiger charge is -2.21. The number of rotatable bonds is 4. The van der Waals surface area contributed by atoms with Crippen molar-refractivity contribution in [2.45, 2.75) is 32.4 Å². The Labute approximate surface area is 218 Å². The van der Waals surface area contributed by atoms with E-state index in [-0.39, 0.29) is 17.2 Å². The van der Waals surface area contributed by atoms with Crippen LogP contribution in [0.1, 0.15) is 36.7 Å². The number of hydrogen-bond acceptors (Lipinski definition) is 5. The fourth-order valence-corrected chi connectivity index (χ4v) is 3.98. The number of anilines is 1. The van der Waals surface area contributed by atoms with Gasteiger partial charge in [-0.3, -0.25) is 9.36 Å². The summed E-state index contributed by atoms with van der Waals surface area (Å²) in [6, 6.07) is 13.6. The van der Waals surface area contributed by atoms with Gasteiger partial charge in [-0.1, -0.05) is 26.8 Å². The molecule has 3 heterocycles. The Hall–Kier alpha value is -4.74. The van der Waals surface area contributed by atoms with Gasteiger partial charge in [0.15, 0.2) is 17.3 Å². The fourth-order valence-electron chi connectivity index (χ4n) is 3.98. The second-order valence-corrected chi connectivity index (χ2v) is 9.81. The van der Waals surface area contributed by atoms with Gasteiger partial charge < -0.3 is 10.1 Å². The van der Waals surface area contributed by atoms with E-state index in [1.807, 2.05) is 20.8 Å². The molecular weight excluding hydrogens is 518 g/mol. The summed E-state index contributed by atoms with van der Waals surface area (Å²) in [4.78, 5) is 28.9. The third-order valence-electron chi connectivity index (χ3n) is 5.97. The van der Waals surface area contributed by atoms with Crippen LogP contribution in [0.3, 0.4) is 0 Å². The number of esters is 1. The van der Waals surface area contributed by atoms with Crippen LogP contribution in [0.15, 0.2) is 67.0 Å². The Balaban J connectivity index is 1.45. The van der Waals surface area contributed by atoms with Gasteiger partial charge >= 0.3 is 12.1 Å². The first-order valence-electron chi connectivity index (χ1n) is 11.7. The molecular formula is C27H21F4N5O3. The van der Waals surface area contributed by atoms with E-state index in [1.165, 1.54) is 35.0 Å². The second-order valence-electron chi connectivity index (χ2n) is 9.81. The average molecular weight is 539 g/mol. The van der Waals surface area contributed by atoms with E-state index in [1.54, 1.807) is 41.1 Å². The molecule has 8 nitrogen and oxygen atoms in total. The number of amides is 1. The summed E-state index contributed by atoms with van der Waals surface area (Å²) in [6.45, 7) is 5.47. The molecule has 39 heavy (non-hydrogen) atoms. The molecule has 0 aliphatic rings. The van der Waals surface area contributed by atoms with E-state index < -0.39 is 29.2 Å². The third-order valence-corrected chi connectivity index (χ3v) is 5.97. The Morgan fingerprint density at radius 1 is 0.974 bits per heavy atom. The van der Waals surface area contributed by atoms with E-state index in [0.29, 0.717) is 22.4 Å². The fraction of sp³-hybridized carbons (Fsp3) is 0.185. The van der Waals surface area contributed by atoms with Crippen LogP contribution < -0.4 is 10.1 Å². The SMILES string of the molecule is CC(C)(C)c1ccc(C(=O)Nc2cn3nc(-n4ccc5cc(F)ccc54)ccc3n2)c(OC(=O)C(F)(F)F)c1. The Morgan fingerprint density at radius 2 is 1.74 bits per heavy atom. The predicted molar refractivity (Wildman–Crippen MR) is 135 cm³/mol. The minimum Gasteiger partial charge on any atom is -0.419 e. The van der Waals surface area contributed by atoms with Crippen LogP contribution in [0.25, 0.3) is 22.4 Å². The molecule has 200 valence electrons. The van der Waals surface area contributed by atoms with E-state index in [9.17, 15) is 27.2 Å².